The number of aromatic nitrogens is 2. The second-order valence-corrected chi connectivity index (χ2v) is 5.75. The Morgan fingerprint density at radius 2 is 2.17 bits per heavy atom. The predicted octanol–water partition coefficient (Wildman–Crippen LogP) is 4.01. The lowest BCUT2D eigenvalue weighted by molar-refractivity contribution is 0.683. The van der Waals surface area contributed by atoms with E-state index in [0.29, 0.717) is 5.92 Å². The van der Waals surface area contributed by atoms with E-state index >= 15 is 0 Å². The SMILES string of the molecule is Cc1cn(-c2cccc(Br)c2)c(NCC(C)C)n1. The number of hydrogen-bond donors (Lipinski definition) is 1. The van der Waals surface area contributed by atoms with Crippen LogP contribution in [0.2, 0.25) is 0 Å². The first kappa shape index (κ1) is 13.1. The molecule has 0 saturated carbocycles. The van der Waals surface area contributed by atoms with Gasteiger partial charge in [-0.15, -0.1) is 0 Å². The van der Waals surface area contributed by atoms with E-state index in [2.05, 4.69) is 56.8 Å². The lowest BCUT2D eigenvalue weighted by Crippen LogP contribution is -2.12. The lowest BCUT2D eigenvalue weighted by Gasteiger charge is -2.11. The van der Waals surface area contributed by atoms with E-state index in [9.17, 15) is 0 Å². The Morgan fingerprint density at radius 3 is 2.83 bits per heavy atom. The molecule has 0 aliphatic carbocycles. The van der Waals surface area contributed by atoms with Crippen LogP contribution >= 0.6 is 15.9 Å². The maximum Gasteiger partial charge on any atom is 0.207 e. The molecule has 0 aliphatic rings. The Hall–Kier alpha value is -1.29. The fraction of sp³-hybridized carbons (Fsp3) is 0.357. The standard InChI is InChI=1S/C14H18BrN3/c1-10(2)8-16-14-17-11(3)9-18(14)13-6-4-5-12(15)7-13/h4-7,9-10H,8H2,1-3H3,(H,16,17). The highest BCUT2D eigenvalue weighted by Crippen LogP contribution is 2.20. The minimum Gasteiger partial charge on any atom is -0.355 e. The summed E-state index contributed by atoms with van der Waals surface area (Å²) in [5.41, 5.74) is 2.12. The molecule has 96 valence electrons. The monoisotopic (exact) mass is 307 g/mol. The summed E-state index contributed by atoms with van der Waals surface area (Å²) in [5, 5.41) is 3.39. The van der Waals surface area contributed by atoms with Crippen LogP contribution in [0.15, 0.2) is 34.9 Å². The highest BCUT2D eigenvalue weighted by Gasteiger charge is 2.07. The molecule has 1 aromatic heterocycles. The van der Waals surface area contributed by atoms with Gasteiger partial charge in [0.05, 0.1) is 5.69 Å². The van der Waals surface area contributed by atoms with Crippen molar-refractivity contribution in [2.24, 2.45) is 5.92 Å². The Bertz CT molecular complexity index is 532. The molecule has 1 aromatic carbocycles. The molecule has 2 aromatic rings. The van der Waals surface area contributed by atoms with Gasteiger partial charge < -0.3 is 5.32 Å². The van der Waals surface area contributed by atoms with E-state index in [1.807, 2.05) is 25.3 Å². The normalized spacial score (nSPS) is 10.9. The fourth-order valence-electron chi connectivity index (χ4n) is 1.74. The van der Waals surface area contributed by atoms with Gasteiger partial charge in [0, 0.05) is 22.9 Å². The molecule has 0 fully saturated rings. The first-order chi connectivity index (χ1) is 8.56. The van der Waals surface area contributed by atoms with Crippen molar-refractivity contribution < 1.29 is 0 Å². The minimum atomic E-state index is 0.595. The molecule has 18 heavy (non-hydrogen) atoms. The number of aryl methyl sites for hydroxylation is 1. The van der Waals surface area contributed by atoms with Crippen LogP contribution in [-0.2, 0) is 0 Å². The summed E-state index contributed by atoms with van der Waals surface area (Å²) < 4.78 is 3.16. The molecule has 0 atom stereocenters. The topological polar surface area (TPSA) is 29.9 Å². The number of benzene rings is 1. The van der Waals surface area contributed by atoms with Crippen LogP contribution < -0.4 is 5.32 Å². The molecular formula is C14H18BrN3. The summed E-state index contributed by atoms with van der Waals surface area (Å²) in [7, 11) is 0. The number of imidazole rings is 1. The van der Waals surface area contributed by atoms with E-state index in [1.165, 1.54) is 0 Å². The van der Waals surface area contributed by atoms with Crippen molar-refractivity contribution in [1.29, 1.82) is 0 Å². The summed E-state index contributed by atoms with van der Waals surface area (Å²) in [5.74, 6) is 1.50. The summed E-state index contributed by atoms with van der Waals surface area (Å²) in [4.78, 5) is 4.53. The number of nitrogens with one attached hydrogen (secondary N) is 1. The Kier molecular flexibility index (Phi) is 4.07. The van der Waals surface area contributed by atoms with Gasteiger partial charge in [0.2, 0.25) is 5.95 Å². The maximum atomic E-state index is 4.53. The summed E-state index contributed by atoms with van der Waals surface area (Å²) in [6.07, 6.45) is 2.05. The van der Waals surface area contributed by atoms with Gasteiger partial charge in [-0.1, -0.05) is 35.8 Å². The van der Waals surface area contributed by atoms with E-state index in [1.54, 1.807) is 0 Å². The first-order valence-electron chi connectivity index (χ1n) is 6.12. The number of nitrogens with zero attached hydrogens (tertiary/aromatic N) is 2. The Morgan fingerprint density at radius 1 is 1.39 bits per heavy atom. The molecule has 1 heterocycles. The average Bonchev–Trinajstić information content (AvgIpc) is 2.68. The molecule has 0 unspecified atom stereocenters. The average molecular weight is 308 g/mol. The highest BCUT2D eigenvalue weighted by molar-refractivity contribution is 9.10. The largest absolute Gasteiger partial charge is 0.355 e. The zero-order chi connectivity index (χ0) is 13.1. The van der Waals surface area contributed by atoms with Crippen molar-refractivity contribution in [1.82, 2.24) is 9.55 Å². The van der Waals surface area contributed by atoms with Gasteiger partial charge >= 0.3 is 0 Å². The first-order valence-corrected chi connectivity index (χ1v) is 6.91. The number of anilines is 1. The smallest absolute Gasteiger partial charge is 0.207 e. The molecule has 1 N–H and O–H groups in total. The number of halogens is 1. The molecule has 0 aliphatic heterocycles. The zero-order valence-electron chi connectivity index (χ0n) is 10.9. The number of rotatable bonds is 4. The van der Waals surface area contributed by atoms with Gasteiger partial charge in [-0.25, -0.2) is 4.98 Å². The lowest BCUT2D eigenvalue weighted by atomic mass is 10.2. The van der Waals surface area contributed by atoms with Crippen LogP contribution in [0.3, 0.4) is 0 Å². The second kappa shape index (κ2) is 5.57. The molecule has 0 amide bonds. The molecule has 4 heteroatoms. The molecule has 0 spiro atoms. The summed E-state index contributed by atoms with van der Waals surface area (Å²) in [6.45, 7) is 7.30. The summed E-state index contributed by atoms with van der Waals surface area (Å²) in [6, 6.07) is 8.21. The highest BCUT2D eigenvalue weighted by atomic mass is 79.9. The zero-order valence-corrected chi connectivity index (χ0v) is 12.5. The predicted molar refractivity (Wildman–Crippen MR) is 79.3 cm³/mol. The molecular weight excluding hydrogens is 290 g/mol. The van der Waals surface area contributed by atoms with Crippen LogP contribution in [0, 0.1) is 12.8 Å². The molecule has 0 radical (unpaired) electrons. The van der Waals surface area contributed by atoms with E-state index < -0.39 is 0 Å². The fourth-order valence-corrected chi connectivity index (χ4v) is 2.13. The molecule has 0 bridgehead atoms. The third-order valence-corrected chi connectivity index (χ3v) is 3.07. The molecule has 0 saturated heterocycles. The molecule has 3 nitrogen and oxygen atoms in total. The summed E-state index contributed by atoms with van der Waals surface area (Å²) >= 11 is 3.50. The third kappa shape index (κ3) is 3.13. The van der Waals surface area contributed by atoms with Crippen LogP contribution in [0.1, 0.15) is 19.5 Å². The van der Waals surface area contributed by atoms with Crippen molar-refractivity contribution in [3.8, 4) is 5.69 Å². The number of hydrogen-bond acceptors (Lipinski definition) is 2. The second-order valence-electron chi connectivity index (χ2n) is 4.83. The van der Waals surface area contributed by atoms with Gasteiger partial charge in [0.1, 0.15) is 0 Å². The van der Waals surface area contributed by atoms with Gasteiger partial charge in [-0.05, 0) is 31.0 Å². The van der Waals surface area contributed by atoms with Gasteiger partial charge in [0.15, 0.2) is 0 Å². The Labute approximate surface area is 116 Å². The minimum absolute atomic E-state index is 0.595. The van der Waals surface area contributed by atoms with E-state index in [4.69, 9.17) is 0 Å². The van der Waals surface area contributed by atoms with Crippen molar-refractivity contribution in [2.45, 2.75) is 20.8 Å². The van der Waals surface area contributed by atoms with E-state index in [0.717, 1.165) is 28.3 Å². The van der Waals surface area contributed by atoms with Gasteiger partial charge in [-0.3, -0.25) is 4.57 Å². The third-order valence-electron chi connectivity index (χ3n) is 2.58. The van der Waals surface area contributed by atoms with Crippen LogP contribution in [0.5, 0.6) is 0 Å². The van der Waals surface area contributed by atoms with Crippen molar-refractivity contribution >= 4 is 21.9 Å². The van der Waals surface area contributed by atoms with Crippen LogP contribution in [-0.4, -0.2) is 16.1 Å². The van der Waals surface area contributed by atoms with Crippen LogP contribution in [0.4, 0.5) is 5.95 Å². The van der Waals surface area contributed by atoms with Crippen molar-refractivity contribution in [3.05, 3.63) is 40.6 Å². The van der Waals surface area contributed by atoms with Crippen LogP contribution in [0.25, 0.3) is 5.69 Å². The molecule has 2 rings (SSSR count). The maximum absolute atomic E-state index is 4.53. The Balaban J connectivity index is 2.32. The quantitative estimate of drug-likeness (QED) is 0.925. The van der Waals surface area contributed by atoms with Gasteiger partial charge in [-0.2, -0.15) is 0 Å². The van der Waals surface area contributed by atoms with Crippen molar-refractivity contribution in [3.63, 3.8) is 0 Å². The van der Waals surface area contributed by atoms with Crippen molar-refractivity contribution in [2.75, 3.05) is 11.9 Å². The van der Waals surface area contributed by atoms with Gasteiger partial charge in [0.25, 0.3) is 0 Å². The van der Waals surface area contributed by atoms with E-state index in [-0.39, 0.29) is 0 Å².